The van der Waals surface area contributed by atoms with Crippen molar-refractivity contribution in [3.8, 4) is 0 Å². The van der Waals surface area contributed by atoms with Crippen LogP contribution < -0.4 is 10.9 Å². The summed E-state index contributed by atoms with van der Waals surface area (Å²) in [6.45, 7) is 2.08. The van der Waals surface area contributed by atoms with E-state index in [-0.39, 0.29) is 30.2 Å². The number of hydrogen-bond donors (Lipinski definition) is 2. The van der Waals surface area contributed by atoms with Crippen LogP contribution in [0.25, 0.3) is 0 Å². The van der Waals surface area contributed by atoms with E-state index >= 15 is 0 Å². The first kappa shape index (κ1) is 13.0. The Morgan fingerprint density at radius 1 is 1.50 bits per heavy atom. The van der Waals surface area contributed by atoms with Crippen molar-refractivity contribution in [1.82, 2.24) is 15.9 Å². The molecule has 2 aliphatic rings. The second-order valence-corrected chi connectivity index (χ2v) is 5.09. The fourth-order valence-electron chi connectivity index (χ4n) is 2.46. The minimum absolute atomic E-state index is 0.0459. The highest BCUT2D eigenvalue weighted by molar-refractivity contribution is 6.42. The molecule has 0 aromatic heterocycles. The molecule has 0 radical (unpaired) electrons. The van der Waals surface area contributed by atoms with Gasteiger partial charge in [-0.3, -0.25) is 9.59 Å². The maximum Gasteiger partial charge on any atom is 0.223 e. The van der Waals surface area contributed by atoms with Gasteiger partial charge < -0.3 is 5.32 Å². The first-order valence-corrected chi connectivity index (χ1v) is 6.46. The van der Waals surface area contributed by atoms with Crippen LogP contribution in [0.5, 0.6) is 0 Å². The summed E-state index contributed by atoms with van der Waals surface area (Å²) < 4.78 is 0. The predicted molar refractivity (Wildman–Crippen MR) is 67.8 cm³/mol. The van der Waals surface area contributed by atoms with Gasteiger partial charge in [0, 0.05) is 13.0 Å². The summed E-state index contributed by atoms with van der Waals surface area (Å²) in [7, 11) is 1.75. The third kappa shape index (κ3) is 2.87. The van der Waals surface area contributed by atoms with Crippen LogP contribution in [0.15, 0.2) is 5.10 Å². The van der Waals surface area contributed by atoms with Gasteiger partial charge in [0.1, 0.15) is 5.71 Å². The van der Waals surface area contributed by atoms with Crippen LogP contribution in [0.3, 0.4) is 0 Å². The Bertz CT molecular complexity index is 374. The summed E-state index contributed by atoms with van der Waals surface area (Å²) in [5, 5.41) is 8.50. The number of carbonyl (C=O) groups excluding carboxylic acids is 2. The predicted octanol–water partition coefficient (Wildman–Crippen LogP) is 0.0564. The standard InChI is InChI=1S/C12H20N4O2/c1-8(11-10(17)7-16(2)15-14-11)13-12(18)9-5-3-4-6-9/h8-9,15H,3-7H2,1-2H3,(H,13,18). The van der Waals surface area contributed by atoms with Gasteiger partial charge in [-0.2, -0.15) is 5.10 Å². The summed E-state index contributed by atoms with van der Waals surface area (Å²) in [6, 6.07) is -0.327. The minimum atomic E-state index is -0.327. The fraction of sp³-hybridized carbons (Fsp3) is 0.750. The van der Waals surface area contributed by atoms with Crippen molar-refractivity contribution in [2.24, 2.45) is 11.0 Å². The van der Waals surface area contributed by atoms with E-state index in [4.69, 9.17) is 0 Å². The molecule has 1 atom stereocenters. The average molecular weight is 252 g/mol. The number of nitrogens with one attached hydrogen (secondary N) is 2. The first-order valence-electron chi connectivity index (χ1n) is 6.46. The molecule has 6 heteroatoms. The van der Waals surface area contributed by atoms with Crippen LogP contribution in [0, 0.1) is 5.92 Å². The lowest BCUT2D eigenvalue weighted by atomic mass is 10.0. The van der Waals surface area contributed by atoms with Crippen molar-refractivity contribution in [2.75, 3.05) is 13.6 Å². The molecule has 2 rings (SSSR count). The van der Waals surface area contributed by atoms with Gasteiger partial charge in [0.05, 0.1) is 12.6 Å². The van der Waals surface area contributed by atoms with Crippen molar-refractivity contribution in [1.29, 1.82) is 0 Å². The molecule has 0 aromatic rings. The number of nitrogens with zero attached hydrogens (tertiary/aromatic N) is 2. The van der Waals surface area contributed by atoms with E-state index in [1.807, 2.05) is 0 Å². The summed E-state index contributed by atoms with van der Waals surface area (Å²) in [5.74, 6) is 0.118. The SMILES string of the molecule is CC(NC(=O)C1CCCC1)C1=NNN(C)CC1=O. The average Bonchev–Trinajstić information content (AvgIpc) is 2.81. The van der Waals surface area contributed by atoms with Gasteiger partial charge in [0.25, 0.3) is 0 Å². The van der Waals surface area contributed by atoms with Gasteiger partial charge in [-0.05, 0) is 19.8 Å². The molecule has 1 saturated carbocycles. The Hall–Kier alpha value is -1.43. The van der Waals surface area contributed by atoms with Gasteiger partial charge in [0.15, 0.2) is 5.78 Å². The lowest BCUT2D eigenvalue weighted by Crippen LogP contribution is -2.51. The molecule has 0 saturated heterocycles. The van der Waals surface area contributed by atoms with E-state index in [1.165, 1.54) is 0 Å². The Labute approximate surface area is 107 Å². The molecule has 0 bridgehead atoms. The number of hydrazine groups is 1. The number of likely N-dealkylation sites (N-methyl/N-ethyl adjacent to an activating group) is 1. The second kappa shape index (κ2) is 5.48. The van der Waals surface area contributed by atoms with Gasteiger partial charge in [-0.15, -0.1) is 0 Å². The van der Waals surface area contributed by atoms with E-state index in [2.05, 4.69) is 16.0 Å². The summed E-state index contributed by atoms with van der Waals surface area (Å²) in [6.07, 6.45) is 4.16. The Morgan fingerprint density at radius 3 is 2.78 bits per heavy atom. The van der Waals surface area contributed by atoms with Gasteiger partial charge >= 0.3 is 0 Å². The zero-order valence-electron chi connectivity index (χ0n) is 10.9. The van der Waals surface area contributed by atoms with Gasteiger partial charge in [0.2, 0.25) is 5.91 Å². The summed E-state index contributed by atoms with van der Waals surface area (Å²) in [5.41, 5.74) is 3.14. The number of rotatable bonds is 3. The third-order valence-corrected chi connectivity index (χ3v) is 3.50. The highest BCUT2D eigenvalue weighted by Gasteiger charge is 2.28. The summed E-state index contributed by atoms with van der Waals surface area (Å²) in [4.78, 5) is 23.7. The monoisotopic (exact) mass is 252 g/mol. The molecule has 1 aliphatic heterocycles. The van der Waals surface area contributed by atoms with Crippen LogP contribution >= 0.6 is 0 Å². The highest BCUT2D eigenvalue weighted by atomic mass is 16.2. The summed E-state index contributed by atoms with van der Waals surface area (Å²) >= 11 is 0. The maximum absolute atomic E-state index is 12.0. The van der Waals surface area contributed by atoms with Gasteiger partial charge in [-0.25, -0.2) is 10.5 Å². The van der Waals surface area contributed by atoms with Crippen molar-refractivity contribution in [3.63, 3.8) is 0 Å². The Balaban J connectivity index is 1.93. The molecule has 1 amide bonds. The van der Waals surface area contributed by atoms with Crippen LogP contribution in [-0.4, -0.2) is 42.0 Å². The van der Waals surface area contributed by atoms with Crippen molar-refractivity contribution in [3.05, 3.63) is 0 Å². The van der Waals surface area contributed by atoms with E-state index in [0.717, 1.165) is 25.7 Å². The molecule has 18 heavy (non-hydrogen) atoms. The molecule has 6 nitrogen and oxygen atoms in total. The molecule has 1 fully saturated rings. The fourth-order valence-corrected chi connectivity index (χ4v) is 2.46. The van der Waals surface area contributed by atoms with Crippen LogP contribution in [0.4, 0.5) is 0 Å². The Kier molecular flexibility index (Phi) is 3.96. The van der Waals surface area contributed by atoms with E-state index in [1.54, 1.807) is 19.0 Å². The minimum Gasteiger partial charge on any atom is -0.348 e. The first-order chi connectivity index (χ1) is 8.58. The zero-order valence-corrected chi connectivity index (χ0v) is 10.9. The second-order valence-electron chi connectivity index (χ2n) is 5.09. The number of carbonyl (C=O) groups is 2. The molecule has 2 N–H and O–H groups in total. The molecule has 1 heterocycles. The van der Waals surface area contributed by atoms with Crippen LogP contribution in [-0.2, 0) is 9.59 Å². The third-order valence-electron chi connectivity index (χ3n) is 3.50. The molecule has 0 spiro atoms. The zero-order chi connectivity index (χ0) is 13.1. The number of amides is 1. The van der Waals surface area contributed by atoms with Crippen LogP contribution in [0.1, 0.15) is 32.6 Å². The molecule has 0 aromatic carbocycles. The molecular weight excluding hydrogens is 232 g/mol. The smallest absolute Gasteiger partial charge is 0.223 e. The molecule has 100 valence electrons. The number of hydrazone groups is 1. The van der Waals surface area contributed by atoms with Crippen molar-refractivity contribution >= 4 is 17.4 Å². The van der Waals surface area contributed by atoms with Crippen molar-refractivity contribution in [2.45, 2.75) is 38.6 Å². The van der Waals surface area contributed by atoms with Gasteiger partial charge in [-0.1, -0.05) is 12.8 Å². The lowest BCUT2D eigenvalue weighted by molar-refractivity contribution is -0.125. The molecule has 1 aliphatic carbocycles. The molecular formula is C12H20N4O2. The van der Waals surface area contributed by atoms with E-state index in [9.17, 15) is 9.59 Å². The van der Waals surface area contributed by atoms with E-state index in [0.29, 0.717) is 5.71 Å². The van der Waals surface area contributed by atoms with Crippen LogP contribution in [0.2, 0.25) is 0 Å². The number of ketones is 1. The highest BCUT2D eigenvalue weighted by Crippen LogP contribution is 2.24. The quantitative estimate of drug-likeness (QED) is 0.744. The van der Waals surface area contributed by atoms with E-state index < -0.39 is 0 Å². The largest absolute Gasteiger partial charge is 0.348 e. The normalized spacial score (nSPS) is 23.4. The lowest BCUT2D eigenvalue weighted by Gasteiger charge is -2.25. The van der Waals surface area contributed by atoms with Crippen molar-refractivity contribution < 1.29 is 9.59 Å². The molecule has 1 unspecified atom stereocenters. The maximum atomic E-state index is 12.0. The topological polar surface area (TPSA) is 73.8 Å². The number of Topliss-reactive ketones (excluding diaryl/α,β-unsaturated/α-hetero) is 1. The Morgan fingerprint density at radius 2 is 2.17 bits per heavy atom. The number of hydrogen-bond acceptors (Lipinski definition) is 5.